The number of Topliss-reactive ketones (excluding diaryl/α,β-unsaturated/α-hetero) is 1. The lowest BCUT2D eigenvalue weighted by Crippen LogP contribution is -2.55. The Morgan fingerprint density at radius 2 is 1.47 bits per heavy atom. The number of amides is 3. The number of anilines is 1. The lowest BCUT2D eigenvalue weighted by atomic mass is 9.84. The average Bonchev–Trinajstić information content (AvgIpc) is 3.71. The van der Waals surface area contributed by atoms with Gasteiger partial charge in [-0.05, 0) is 58.7 Å². The van der Waals surface area contributed by atoms with Crippen LogP contribution in [0.25, 0.3) is 11.1 Å². The molecule has 408 valence electrons. The molecule has 75 heavy (non-hydrogen) atoms. The third-order valence-corrected chi connectivity index (χ3v) is 14.5. The Kier molecular flexibility index (Phi) is 21.0. The number of piperidine rings is 1. The predicted octanol–water partition coefficient (Wildman–Crippen LogP) is 7.85. The highest BCUT2D eigenvalue weighted by Crippen LogP contribution is 2.45. The Labute approximate surface area is 438 Å². The molecule has 1 aliphatic carbocycles. The zero-order chi connectivity index (χ0) is 54.3. The van der Waals surface area contributed by atoms with Gasteiger partial charge in [-0.15, -0.1) is 0 Å². The molecule has 2 aliphatic heterocycles. The Hall–Kier alpha value is -6.57. The number of methoxy groups -OCH3 is 1. The number of carboxylic acids is 1. The van der Waals surface area contributed by atoms with E-state index in [1.54, 1.807) is 41.8 Å². The fraction of sp³-hybridized carbons (Fsp3) is 0.554. The van der Waals surface area contributed by atoms with Crippen LogP contribution < -0.4 is 10.1 Å². The number of hydrogen-bond donors (Lipinski definition) is 2. The Morgan fingerprint density at radius 3 is 2.08 bits per heavy atom. The zero-order valence-corrected chi connectivity index (χ0v) is 44.3. The topological polar surface area (TPSA) is 232 Å². The lowest BCUT2D eigenvalue weighted by Gasteiger charge is -2.42. The molecule has 0 aromatic heterocycles. The summed E-state index contributed by atoms with van der Waals surface area (Å²) in [5.74, 6) is -4.51. The first-order valence-corrected chi connectivity index (χ1v) is 25.8. The molecule has 2 heterocycles. The number of nitrogens with zero attached hydrogens (tertiary/aromatic N) is 2. The van der Waals surface area contributed by atoms with Crippen molar-refractivity contribution in [3.8, 4) is 16.9 Å². The summed E-state index contributed by atoms with van der Waals surface area (Å²) in [6.45, 7) is 13.6. The summed E-state index contributed by atoms with van der Waals surface area (Å²) in [7, 11) is 1.19. The normalized spacial score (nSPS) is 20.2. The van der Waals surface area contributed by atoms with Crippen molar-refractivity contribution in [2.75, 3.05) is 65.1 Å². The van der Waals surface area contributed by atoms with Crippen LogP contribution in [0.2, 0.25) is 0 Å². The van der Waals surface area contributed by atoms with Crippen molar-refractivity contribution in [1.82, 2.24) is 9.80 Å². The molecule has 0 unspecified atom stereocenters. The molecule has 19 nitrogen and oxygen atoms in total. The maximum atomic E-state index is 14.0. The van der Waals surface area contributed by atoms with E-state index < -0.39 is 72.3 Å². The van der Waals surface area contributed by atoms with Gasteiger partial charge in [0.25, 0.3) is 0 Å². The number of ether oxygens (including phenoxy) is 8. The number of likely N-dealkylation sites (tertiary alicyclic amines) is 1. The zero-order valence-electron chi connectivity index (χ0n) is 44.3. The molecule has 3 aliphatic rings. The molecule has 0 saturated carbocycles. The van der Waals surface area contributed by atoms with E-state index in [1.807, 2.05) is 52.0 Å². The number of ketones is 1. The van der Waals surface area contributed by atoms with Crippen molar-refractivity contribution in [1.29, 1.82) is 0 Å². The van der Waals surface area contributed by atoms with Gasteiger partial charge >= 0.3 is 30.1 Å². The second-order valence-corrected chi connectivity index (χ2v) is 19.9. The first-order valence-electron chi connectivity index (χ1n) is 25.8. The van der Waals surface area contributed by atoms with Crippen LogP contribution in [0.5, 0.6) is 5.75 Å². The fourth-order valence-electron chi connectivity index (χ4n) is 9.50. The van der Waals surface area contributed by atoms with E-state index in [9.17, 15) is 33.6 Å². The molecule has 6 rings (SSSR count). The highest BCUT2D eigenvalue weighted by molar-refractivity contribution is 5.96. The summed E-state index contributed by atoms with van der Waals surface area (Å²) in [5.41, 5.74) is 5.12. The number of carbonyl (C=O) groups is 7. The van der Waals surface area contributed by atoms with Crippen LogP contribution in [0.3, 0.4) is 0 Å². The molecular formula is C56H73N3O16. The number of fused-ring (bicyclic) bond motifs is 3. The summed E-state index contributed by atoms with van der Waals surface area (Å²) in [4.78, 5) is 93.4. The van der Waals surface area contributed by atoms with Gasteiger partial charge in [0, 0.05) is 68.6 Å². The number of nitrogens with one attached hydrogen (secondary N) is 1. The van der Waals surface area contributed by atoms with E-state index in [0.717, 1.165) is 22.3 Å². The monoisotopic (exact) mass is 1040 g/mol. The highest BCUT2D eigenvalue weighted by atomic mass is 16.7. The molecular weight excluding hydrogens is 971 g/mol. The standard InChI is InChI=1S/C56H73N3O16/c1-33(2)35(4)47(61)29-34(3)52(64)57-46-18-17-39(30-48(46)74-54-37(6)36(5)50(73-38(7)60)51(75-54)53(65)68-8)31-71-55(66)58-22-19-40(20-23-58)59(24-26-70-28-27-69-25-21-49(62)63)56(67)72-32-45-43-15-11-9-13-41(43)42-14-10-12-16-44(42)45/h9-18,30,33-37,40,45,50-51,54H,19-29,31-32H2,1-8H3,(H,57,64)(H,62,63)/t34-,35+,36-,37-,50+,51+,54-/m1/s1. The Morgan fingerprint density at radius 1 is 0.827 bits per heavy atom. The van der Waals surface area contributed by atoms with Gasteiger partial charge in [0.2, 0.25) is 12.2 Å². The van der Waals surface area contributed by atoms with Crippen LogP contribution in [-0.2, 0) is 63.7 Å². The van der Waals surface area contributed by atoms with Gasteiger partial charge in [-0.2, -0.15) is 0 Å². The number of carbonyl (C=O) groups excluding carboxylic acids is 6. The molecule has 0 spiro atoms. The van der Waals surface area contributed by atoms with Crippen molar-refractivity contribution >= 4 is 47.5 Å². The SMILES string of the molecule is COC(=O)[C@H]1O[C@@H](Oc2cc(COC(=O)N3CCC(N(CCOCCOCCC(=O)O)C(=O)OCC4c5ccccc5-c5ccccc54)CC3)ccc2NC(=O)[C@H](C)CC(=O)[C@@H](C)C(C)C)[C@H](C)[C@@H](C)[C@@H]1OC(C)=O. The van der Waals surface area contributed by atoms with Gasteiger partial charge < -0.3 is 58.1 Å². The number of benzene rings is 3. The van der Waals surface area contributed by atoms with E-state index in [0.29, 0.717) is 18.4 Å². The first kappa shape index (κ1) is 57.7. The minimum absolute atomic E-state index is 0.0296. The molecule has 2 saturated heterocycles. The number of hydrogen-bond acceptors (Lipinski definition) is 15. The molecule has 0 bridgehead atoms. The van der Waals surface area contributed by atoms with Crippen LogP contribution in [0.1, 0.15) is 96.8 Å². The molecule has 2 N–H and O–H groups in total. The number of esters is 2. The molecule has 3 aromatic rings. The van der Waals surface area contributed by atoms with Crippen LogP contribution in [0.4, 0.5) is 15.3 Å². The van der Waals surface area contributed by atoms with Crippen LogP contribution in [-0.4, -0.2) is 141 Å². The van der Waals surface area contributed by atoms with Crippen molar-refractivity contribution in [3.63, 3.8) is 0 Å². The Bertz CT molecular complexity index is 2430. The van der Waals surface area contributed by atoms with E-state index >= 15 is 0 Å². The third kappa shape index (κ3) is 15.3. The first-order chi connectivity index (χ1) is 35.9. The molecule has 7 atom stereocenters. The summed E-state index contributed by atoms with van der Waals surface area (Å²) >= 11 is 0. The van der Waals surface area contributed by atoms with E-state index in [-0.39, 0.29) is 113 Å². The van der Waals surface area contributed by atoms with E-state index in [2.05, 4.69) is 29.6 Å². The van der Waals surface area contributed by atoms with Gasteiger partial charge in [0.05, 0.1) is 45.6 Å². The second-order valence-electron chi connectivity index (χ2n) is 19.9. The van der Waals surface area contributed by atoms with E-state index in [1.165, 1.54) is 14.0 Å². The van der Waals surface area contributed by atoms with Gasteiger partial charge in [-0.3, -0.25) is 19.2 Å². The molecule has 19 heteroatoms. The largest absolute Gasteiger partial charge is 0.481 e. The minimum atomic E-state index is -1.32. The Balaban J connectivity index is 1.12. The number of aliphatic carboxylic acids is 1. The van der Waals surface area contributed by atoms with Crippen LogP contribution >= 0.6 is 0 Å². The average molecular weight is 1040 g/mol. The molecule has 0 radical (unpaired) electrons. The summed E-state index contributed by atoms with van der Waals surface area (Å²) in [6, 6.07) is 20.7. The van der Waals surface area contributed by atoms with Gasteiger partial charge in [0.15, 0.2) is 6.10 Å². The van der Waals surface area contributed by atoms with E-state index in [4.69, 9.17) is 43.0 Å². The summed E-state index contributed by atoms with van der Waals surface area (Å²) in [6.07, 6.45) is -3.72. The van der Waals surface area contributed by atoms with Crippen LogP contribution in [0.15, 0.2) is 66.7 Å². The van der Waals surface area contributed by atoms with Crippen molar-refractivity contribution < 1.29 is 76.6 Å². The molecule has 3 aromatic carbocycles. The lowest BCUT2D eigenvalue weighted by molar-refractivity contribution is -0.243. The summed E-state index contributed by atoms with van der Waals surface area (Å²) < 4.78 is 46.1. The van der Waals surface area contributed by atoms with Crippen molar-refractivity contribution in [2.24, 2.45) is 29.6 Å². The fourth-order valence-corrected chi connectivity index (χ4v) is 9.50. The third-order valence-electron chi connectivity index (χ3n) is 14.5. The number of carboxylic acid groups (broad SMARTS) is 1. The van der Waals surface area contributed by atoms with Crippen LogP contribution in [0, 0.1) is 29.6 Å². The summed E-state index contributed by atoms with van der Waals surface area (Å²) in [5, 5.41) is 11.8. The highest BCUT2D eigenvalue weighted by Gasteiger charge is 2.49. The van der Waals surface area contributed by atoms with Crippen molar-refractivity contribution in [3.05, 3.63) is 83.4 Å². The van der Waals surface area contributed by atoms with Gasteiger partial charge in [-0.25, -0.2) is 14.4 Å². The maximum absolute atomic E-state index is 14.0. The molecule has 3 amide bonds. The molecule has 2 fully saturated rings. The number of rotatable bonds is 24. The van der Waals surface area contributed by atoms with Gasteiger partial charge in [0.1, 0.15) is 30.9 Å². The van der Waals surface area contributed by atoms with Crippen molar-refractivity contribution in [2.45, 2.75) is 111 Å². The minimum Gasteiger partial charge on any atom is -0.481 e. The smallest absolute Gasteiger partial charge is 0.410 e. The van der Waals surface area contributed by atoms with Gasteiger partial charge in [-0.1, -0.05) is 96.1 Å². The predicted molar refractivity (Wildman–Crippen MR) is 273 cm³/mol. The second kappa shape index (κ2) is 27.3. The maximum Gasteiger partial charge on any atom is 0.410 e. The quantitative estimate of drug-likeness (QED) is 0.0494.